The van der Waals surface area contributed by atoms with Crippen LogP contribution in [0.25, 0.3) is 0 Å². The molecule has 2 fully saturated rings. The molecule has 0 radical (unpaired) electrons. The summed E-state index contributed by atoms with van der Waals surface area (Å²) in [6.07, 6.45) is -18.7. The van der Waals surface area contributed by atoms with Crippen molar-refractivity contribution in [2.75, 3.05) is 19.8 Å². The second-order valence-electron chi connectivity index (χ2n) is 6.65. The second-order valence-corrected chi connectivity index (χ2v) is 6.65. The van der Waals surface area contributed by atoms with E-state index in [0.29, 0.717) is 0 Å². The van der Waals surface area contributed by atoms with Gasteiger partial charge in [-0.2, -0.15) is 0 Å². The zero-order valence-corrected chi connectivity index (χ0v) is 15.0. The second kappa shape index (κ2) is 10.3. The molecule has 11 atom stereocenters. The molecule has 0 aromatic carbocycles. The van der Waals surface area contributed by atoms with Crippen LogP contribution in [0.2, 0.25) is 0 Å². The Labute approximate surface area is 164 Å². The Balaban J connectivity index is 2.23. The Morgan fingerprint density at radius 2 is 1.31 bits per heavy atom. The Bertz CT molecular complexity index is 531. The summed E-state index contributed by atoms with van der Waals surface area (Å²) in [6.45, 7) is -2.51. The lowest BCUT2D eigenvalue weighted by Gasteiger charge is -2.46. The summed E-state index contributed by atoms with van der Waals surface area (Å²) in [6, 6.07) is 0. The first-order chi connectivity index (χ1) is 13.7. The number of aliphatic hydroxyl groups is 8. The number of carboxylic acids is 1. The molecule has 2 heterocycles. The molecule has 29 heavy (non-hydrogen) atoms. The fourth-order valence-corrected chi connectivity index (χ4v) is 2.99. The van der Waals surface area contributed by atoms with Crippen molar-refractivity contribution in [3.8, 4) is 0 Å². The molecule has 14 nitrogen and oxygen atoms in total. The zero-order valence-electron chi connectivity index (χ0n) is 15.0. The highest BCUT2D eigenvalue weighted by atomic mass is 16.8. The van der Waals surface area contributed by atoms with Gasteiger partial charge in [0.15, 0.2) is 18.7 Å². The minimum absolute atomic E-state index is 0.755. The van der Waals surface area contributed by atoms with Gasteiger partial charge in [-0.05, 0) is 0 Å². The number of aliphatic hydroxyl groups excluding tert-OH is 8. The van der Waals surface area contributed by atoms with E-state index in [0.717, 1.165) is 0 Å². The summed E-state index contributed by atoms with van der Waals surface area (Å²) in [5, 5.41) is 86.7. The van der Waals surface area contributed by atoms with Gasteiger partial charge in [0, 0.05) is 0 Å². The lowest BCUT2D eigenvalue weighted by molar-refractivity contribution is -0.371. The standard InChI is InChI=1S/C15H26O14/c16-1-4-7(19)9(21)11(23)14(26-4)29-12-10(22)8(20)5(2-17)27-15(12)28-6(3-18)13(24)25/h4-12,14-23H,1-3H2,(H,24,25)/t4-,5-,6-,7-,8-,9+,10+,11+,12-,14-,15-/m1/s1. The van der Waals surface area contributed by atoms with Crippen LogP contribution in [0, 0.1) is 0 Å². The van der Waals surface area contributed by atoms with Crippen molar-refractivity contribution in [2.24, 2.45) is 0 Å². The fraction of sp³-hybridized carbons (Fsp3) is 0.933. The van der Waals surface area contributed by atoms with Crippen LogP contribution in [-0.2, 0) is 23.7 Å². The van der Waals surface area contributed by atoms with Crippen LogP contribution < -0.4 is 0 Å². The molecule has 2 rings (SSSR count). The number of ether oxygens (including phenoxy) is 4. The van der Waals surface area contributed by atoms with Crippen LogP contribution in [0.4, 0.5) is 0 Å². The van der Waals surface area contributed by atoms with Crippen LogP contribution in [0.1, 0.15) is 0 Å². The quantitative estimate of drug-likeness (QED) is 0.174. The largest absolute Gasteiger partial charge is 0.479 e. The monoisotopic (exact) mass is 430 g/mol. The van der Waals surface area contributed by atoms with Crippen LogP contribution in [0.15, 0.2) is 0 Å². The summed E-state index contributed by atoms with van der Waals surface area (Å²) in [5.41, 5.74) is 0. The van der Waals surface area contributed by atoms with Gasteiger partial charge in [0.05, 0.1) is 19.8 Å². The smallest absolute Gasteiger partial charge is 0.335 e. The van der Waals surface area contributed by atoms with Gasteiger partial charge in [0.25, 0.3) is 0 Å². The molecular weight excluding hydrogens is 404 g/mol. The minimum atomic E-state index is -1.86. The molecule has 0 aromatic heterocycles. The first-order valence-electron chi connectivity index (χ1n) is 8.73. The van der Waals surface area contributed by atoms with E-state index in [-0.39, 0.29) is 0 Å². The SMILES string of the molecule is O=C(O)[C@@H](CO)O[C@H]1O[C@H](CO)[C@@H](O)[C@H](O)[C@H]1O[C@H]1O[C@H](CO)[C@@H](O)[C@H](O)[C@@H]1O. The Morgan fingerprint density at radius 3 is 1.79 bits per heavy atom. The van der Waals surface area contributed by atoms with Crippen molar-refractivity contribution >= 4 is 5.97 Å². The Kier molecular flexibility index (Phi) is 8.65. The third-order valence-corrected chi connectivity index (χ3v) is 4.70. The van der Waals surface area contributed by atoms with E-state index >= 15 is 0 Å². The maximum Gasteiger partial charge on any atom is 0.335 e. The van der Waals surface area contributed by atoms with Crippen molar-refractivity contribution in [2.45, 2.75) is 67.5 Å². The first-order valence-corrected chi connectivity index (χ1v) is 8.73. The van der Waals surface area contributed by atoms with E-state index in [1.807, 2.05) is 0 Å². The van der Waals surface area contributed by atoms with Crippen molar-refractivity contribution in [1.82, 2.24) is 0 Å². The van der Waals surface area contributed by atoms with Crippen LogP contribution in [0.5, 0.6) is 0 Å². The molecule has 2 aliphatic heterocycles. The van der Waals surface area contributed by atoms with Crippen molar-refractivity contribution in [3.05, 3.63) is 0 Å². The molecule has 170 valence electrons. The number of hydrogen-bond acceptors (Lipinski definition) is 13. The van der Waals surface area contributed by atoms with E-state index in [1.165, 1.54) is 0 Å². The lowest BCUT2D eigenvalue weighted by Crippen LogP contribution is -2.65. The van der Waals surface area contributed by atoms with Gasteiger partial charge < -0.3 is 64.9 Å². The molecule has 0 unspecified atom stereocenters. The zero-order chi connectivity index (χ0) is 21.9. The fourth-order valence-electron chi connectivity index (χ4n) is 2.99. The number of hydrogen-bond donors (Lipinski definition) is 9. The van der Waals surface area contributed by atoms with Crippen LogP contribution >= 0.6 is 0 Å². The molecule has 2 aliphatic rings. The highest BCUT2D eigenvalue weighted by Crippen LogP contribution is 2.30. The van der Waals surface area contributed by atoms with Gasteiger partial charge in [0.2, 0.25) is 0 Å². The number of aliphatic carboxylic acids is 1. The maximum absolute atomic E-state index is 11.1. The minimum Gasteiger partial charge on any atom is -0.479 e. The van der Waals surface area contributed by atoms with Crippen LogP contribution in [0.3, 0.4) is 0 Å². The summed E-state index contributed by atoms with van der Waals surface area (Å²) in [5.74, 6) is -1.58. The number of carboxylic acid groups (broad SMARTS) is 1. The molecule has 14 heteroatoms. The number of carbonyl (C=O) groups is 1. The molecule has 0 amide bonds. The lowest BCUT2D eigenvalue weighted by atomic mass is 9.97. The molecule has 0 spiro atoms. The van der Waals surface area contributed by atoms with Gasteiger partial charge in [-0.3, -0.25) is 0 Å². The molecule has 0 aromatic rings. The Hall–Kier alpha value is -1.01. The van der Waals surface area contributed by atoms with Gasteiger partial charge in [-0.1, -0.05) is 0 Å². The van der Waals surface area contributed by atoms with E-state index < -0.39 is 93.3 Å². The summed E-state index contributed by atoms with van der Waals surface area (Å²) >= 11 is 0. The average molecular weight is 430 g/mol. The molecule has 9 N–H and O–H groups in total. The number of rotatable bonds is 8. The predicted molar refractivity (Wildman–Crippen MR) is 86.0 cm³/mol. The molecule has 0 saturated carbocycles. The predicted octanol–water partition coefficient (Wildman–Crippen LogP) is -5.93. The molecule has 2 saturated heterocycles. The average Bonchev–Trinajstić information content (AvgIpc) is 2.70. The van der Waals surface area contributed by atoms with Gasteiger partial charge in [-0.15, -0.1) is 0 Å². The highest BCUT2D eigenvalue weighted by molar-refractivity contribution is 5.72. The van der Waals surface area contributed by atoms with Crippen LogP contribution in [-0.4, -0.2) is 139 Å². The molecular formula is C15H26O14. The van der Waals surface area contributed by atoms with E-state index in [9.17, 15) is 40.5 Å². The summed E-state index contributed by atoms with van der Waals surface area (Å²) < 4.78 is 20.8. The van der Waals surface area contributed by atoms with Crippen molar-refractivity contribution in [1.29, 1.82) is 0 Å². The van der Waals surface area contributed by atoms with E-state index in [1.54, 1.807) is 0 Å². The van der Waals surface area contributed by atoms with Gasteiger partial charge in [-0.25, -0.2) is 4.79 Å². The third-order valence-electron chi connectivity index (χ3n) is 4.70. The van der Waals surface area contributed by atoms with E-state index in [4.69, 9.17) is 29.2 Å². The third kappa shape index (κ3) is 5.19. The topological polar surface area (TPSA) is 236 Å². The first kappa shape index (κ1) is 24.3. The summed E-state index contributed by atoms with van der Waals surface area (Å²) in [7, 11) is 0. The summed E-state index contributed by atoms with van der Waals surface area (Å²) in [4.78, 5) is 11.1. The van der Waals surface area contributed by atoms with Crippen molar-refractivity contribution < 1.29 is 69.7 Å². The molecule has 0 bridgehead atoms. The van der Waals surface area contributed by atoms with Crippen molar-refractivity contribution in [3.63, 3.8) is 0 Å². The van der Waals surface area contributed by atoms with Gasteiger partial charge >= 0.3 is 5.97 Å². The van der Waals surface area contributed by atoms with Gasteiger partial charge in [0.1, 0.15) is 48.8 Å². The maximum atomic E-state index is 11.1. The Morgan fingerprint density at radius 1 is 0.793 bits per heavy atom. The molecule has 0 aliphatic carbocycles. The normalized spacial score (nSPS) is 44.4. The van der Waals surface area contributed by atoms with E-state index in [2.05, 4.69) is 0 Å². The highest BCUT2D eigenvalue weighted by Gasteiger charge is 2.51.